The summed E-state index contributed by atoms with van der Waals surface area (Å²) in [7, 11) is 1.79. The summed E-state index contributed by atoms with van der Waals surface area (Å²) in [5.74, 6) is 0.571. The summed E-state index contributed by atoms with van der Waals surface area (Å²) in [6, 6.07) is 12.1. The lowest BCUT2D eigenvalue weighted by atomic mass is 10.0. The summed E-state index contributed by atoms with van der Waals surface area (Å²) in [6.45, 7) is 6.41. The van der Waals surface area contributed by atoms with Gasteiger partial charge in [-0.15, -0.1) is 10.2 Å². The first-order valence-electron chi connectivity index (χ1n) is 10.9. The second-order valence-electron chi connectivity index (χ2n) is 7.90. The van der Waals surface area contributed by atoms with Crippen molar-refractivity contribution in [1.29, 1.82) is 0 Å². The molecular weight excluding hydrogens is 457 g/mol. The van der Waals surface area contributed by atoms with Crippen molar-refractivity contribution in [1.82, 2.24) is 20.1 Å². The molecule has 0 bridgehead atoms. The zero-order valence-corrected chi connectivity index (χ0v) is 20.4. The molecule has 180 valence electrons. The summed E-state index contributed by atoms with van der Waals surface area (Å²) in [6.07, 6.45) is 0. The molecule has 0 spiro atoms. The number of hydrogen-bond acceptors (Lipinski definition) is 6. The number of anilines is 1. The van der Waals surface area contributed by atoms with E-state index >= 15 is 0 Å². The van der Waals surface area contributed by atoms with E-state index in [-0.39, 0.29) is 23.5 Å². The molecular formula is C24H28FN5O3S. The maximum Gasteiger partial charge on any atom is 0.251 e. The van der Waals surface area contributed by atoms with E-state index in [1.54, 1.807) is 35.9 Å². The standard InChI is InChI=1S/C24H28FN5O3S/c1-5-33-19-12-10-18(11-13-19)26-20(31)14-34-24-29-28-22(30(24)4)21(15(2)3)27-23(32)16-6-8-17(25)9-7-16/h6-13,15,21H,5,14H2,1-4H3,(H,26,31)(H,27,32)/t21-/m1/s1. The van der Waals surface area contributed by atoms with Gasteiger partial charge in [-0.2, -0.15) is 0 Å². The number of rotatable bonds is 10. The number of hydrogen-bond donors (Lipinski definition) is 2. The van der Waals surface area contributed by atoms with Crippen LogP contribution in [0.4, 0.5) is 10.1 Å². The van der Waals surface area contributed by atoms with Crippen molar-refractivity contribution in [2.45, 2.75) is 32.0 Å². The molecule has 1 atom stereocenters. The molecule has 3 aromatic rings. The molecule has 10 heteroatoms. The Morgan fingerprint density at radius 1 is 1.09 bits per heavy atom. The third-order valence-electron chi connectivity index (χ3n) is 4.99. The lowest BCUT2D eigenvalue weighted by Gasteiger charge is -2.21. The highest BCUT2D eigenvalue weighted by Gasteiger charge is 2.25. The van der Waals surface area contributed by atoms with Crippen molar-refractivity contribution >= 4 is 29.3 Å². The highest BCUT2D eigenvalue weighted by molar-refractivity contribution is 7.99. The van der Waals surface area contributed by atoms with Crippen LogP contribution < -0.4 is 15.4 Å². The Balaban J connectivity index is 1.62. The monoisotopic (exact) mass is 485 g/mol. The number of carbonyl (C=O) groups is 2. The van der Waals surface area contributed by atoms with Crippen LogP contribution in [0.15, 0.2) is 53.7 Å². The predicted octanol–water partition coefficient (Wildman–Crippen LogP) is 4.21. The number of ether oxygens (including phenoxy) is 1. The van der Waals surface area contributed by atoms with E-state index < -0.39 is 11.9 Å². The van der Waals surface area contributed by atoms with Crippen LogP contribution in [0.25, 0.3) is 0 Å². The second kappa shape index (κ2) is 11.6. The molecule has 1 heterocycles. The van der Waals surface area contributed by atoms with E-state index in [4.69, 9.17) is 4.74 Å². The molecule has 0 aliphatic rings. The van der Waals surface area contributed by atoms with E-state index in [1.807, 2.05) is 20.8 Å². The Labute approximate surface area is 202 Å². The average Bonchev–Trinajstić information content (AvgIpc) is 3.17. The van der Waals surface area contributed by atoms with Crippen molar-refractivity contribution in [2.24, 2.45) is 13.0 Å². The van der Waals surface area contributed by atoms with Crippen LogP contribution in [0.2, 0.25) is 0 Å². The van der Waals surface area contributed by atoms with E-state index in [0.29, 0.717) is 28.8 Å². The largest absolute Gasteiger partial charge is 0.494 e. The van der Waals surface area contributed by atoms with Gasteiger partial charge in [0.2, 0.25) is 5.91 Å². The molecule has 0 radical (unpaired) electrons. The number of aromatic nitrogens is 3. The molecule has 0 saturated heterocycles. The maximum atomic E-state index is 13.2. The molecule has 8 nitrogen and oxygen atoms in total. The van der Waals surface area contributed by atoms with Gasteiger partial charge in [0, 0.05) is 18.3 Å². The van der Waals surface area contributed by atoms with Gasteiger partial charge in [-0.05, 0) is 61.4 Å². The Hall–Kier alpha value is -3.40. The first kappa shape index (κ1) is 25.2. The summed E-state index contributed by atoms with van der Waals surface area (Å²) in [5, 5.41) is 14.8. The zero-order valence-electron chi connectivity index (χ0n) is 19.5. The van der Waals surface area contributed by atoms with Gasteiger partial charge in [-0.3, -0.25) is 9.59 Å². The second-order valence-corrected chi connectivity index (χ2v) is 8.84. The lowest BCUT2D eigenvalue weighted by molar-refractivity contribution is -0.113. The van der Waals surface area contributed by atoms with E-state index in [1.165, 1.54) is 36.0 Å². The number of benzene rings is 2. The molecule has 0 unspecified atom stereocenters. The SMILES string of the molecule is CCOc1ccc(NC(=O)CSc2nnc([C@H](NC(=O)c3ccc(F)cc3)C(C)C)n2C)cc1. The Kier molecular flexibility index (Phi) is 8.64. The molecule has 3 rings (SSSR count). The van der Waals surface area contributed by atoms with Gasteiger partial charge in [-0.25, -0.2) is 4.39 Å². The van der Waals surface area contributed by atoms with Crippen LogP contribution in [0.1, 0.15) is 43.0 Å². The quantitative estimate of drug-likeness (QED) is 0.418. The minimum absolute atomic E-state index is 0.0214. The minimum atomic E-state index is -0.415. The Morgan fingerprint density at radius 3 is 2.38 bits per heavy atom. The first-order chi connectivity index (χ1) is 16.3. The van der Waals surface area contributed by atoms with E-state index in [9.17, 15) is 14.0 Å². The highest BCUT2D eigenvalue weighted by atomic mass is 32.2. The fraction of sp³-hybridized carbons (Fsp3) is 0.333. The van der Waals surface area contributed by atoms with E-state index in [0.717, 1.165) is 5.75 Å². The summed E-state index contributed by atoms with van der Waals surface area (Å²) in [5.41, 5.74) is 1.03. The fourth-order valence-corrected chi connectivity index (χ4v) is 3.92. The predicted molar refractivity (Wildman–Crippen MR) is 129 cm³/mol. The zero-order chi connectivity index (χ0) is 24.7. The van der Waals surface area contributed by atoms with Crippen LogP contribution in [0.3, 0.4) is 0 Å². The van der Waals surface area contributed by atoms with Crippen molar-refractivity contribution < 1.29 is 18.7 Å². The lowest BCUT2D eigenvalue weighted by Crippen LogP contribution is -2.33. The molecule has 2 N–H and O–H groups in total. The maximum absolute atomic E-state index is 13.2. The Bertz CT molecular complexity index is 1120. The van der Waals surface area contributed by atoms with Crippen LogP contribution in [-0.2, 0) is 11.8 Å². The minimum Gasteiger partial charge on any atom is -0.494 e. The first-order valence-corrected chi connectivity index (χ1v) is 11.9. The fourth-order valence-electron chi connectivity index (χ4n) is 3.21. The van der Waals surface area contributed by atoms with Crippen LogP contribution in [0.5, 0.6) is 5.75 Å². The van der Waals surface area contributed by atoms with E-state index in [2.05, 4.69) is 20.8 Å². The Morgan fingerprint density at radius 2 is 1.76 bits per heavy atom. The van der Waals surface area contributed by atoms with Crippen LogP contribution >= 0.6 is 11.8 Å². The number of halogens is 1. The van der Waals surface area contributed by atoms with Gasteiger partial charge >= 0.3 is 0 Å². The highest BCUT2D eigenvalue weighted by Crippen LogP contribution is 2.25. The van der Waals surface area contributed by atoms with Gasteiger partial charge in [0.05, 0.1) is 18.4 Å². The molecule has 2 aromatic carbocycles. The molecule has 0 aliphatic carbocycles. The van der Waals surface area contributed by atoms with Gasteiger partial charge in [0.1, 0.15) is 11.6 Å². The average molecular weight is 486 g/mol. The molecule has 0 saturated carbocycles. The number of carbonyl (C=O) groups excluding carboxylic acids is 2. The molecule has 0 aliphatic heterocycles. The third kappa shape index (κ3) is 6.57. The van der Waals surface area contributed by atoms with Crippen LogP contribution in [-0.4, -0.2) is 38.9 Å². The molecule has 34 heavy (non-hydrogen) atoms. The van der Waals surface area contributed by atoms with Crippen molar-refractivity contribution in [2.75, 3.05) is 17.7 Å². The molecule has 2 amide bonds. The summed E-state index contributed by atoms with van der Waals surface area (Å²) in [4.78, 5) is 25.0. The van der Waals surface area contributed by atoms with Crippen molar-refractivity contribution in [3.05, 3.63) is 65.7 Å². The van der Waals surface area contributed by atoms with Gasteiger partial charge in [0.15, 0.2) is 11.0 Å². The topological polar surface area (TPSA) is 98.1 Å². The molecule has 0 fully saturated rings. The molecule has 1 aromatic heterocycles. The number of thioether (sulfide) groups is 1. The van der Waals surface area contributed by atoms with Crippen molar-refractivity contribution in [3.63, 3.8) is 0 Å². The van der Waals surface area contributed by atoms with Gasteiger partial charge in [-0.1, -0.05) is 25.6 Å². The van der Waals surface area contributed by atoms with Gasteiger partial charge < -0.3 is 19.9 Å². The number of amides is 2. The third-order valence-corrected chi connectivity index (χ3v) is 6.01. The summed E-state index contributed by atoms with van der Waals surface area (Å²) < 4.78 is 20.3. The van der Waals surface area contributed by atoms with Crippen LogP contribution in [0, 0.1) is 11.7 Å². The van der Waals surface area contributed by atoms with Crippen molar-refractivity contribution in [3.8, 4) is 5.75 Å². The normalized spacial score (nSPS) is 11.8. The summed E-state index contributed by atoms with van der Waals surface area (Å²) >= 11 is 1.25. The number of nitrogens with zero attached hydrogens (tertiary/aromatic N) is 3. The van der Waals surface area contributed by atoms with Gasteiger partial charge in [0.25, 0.3) is 5.91 Å². The smallest absolute Gasteiger partial charge is 0.251 e. The number of nitrogens with one attached hydrogen (secondary N) is 2.